The average Bonchev–Trinajstić information content (AvgIpc) is 2.92. The number of amides is 1. The predicted molar refractivity (Wildman–Crippen MR) is 84.2 cm³/mol. The first kappa shape index (κ1) is 12.5. The molecule has 104 valence electrons. The molecular formula is C18H11N3O. The van der Waals surface area contributed by atoms with Gasteiger partial charge in [-0.2, -0.15) is 5.26 Å². The van der Waals surface area contributed by atoms with Crippen molar-refractivity contribution in [1.29, 1.82) is 5.26 Å². The largest absolute Gasteiger partial charge is 0.326 e. The van der Waals surface area contributed by atoms with Crippen LogP contribution in [0.15, 0.2) is 48.8 Å². The second-order valence-electron chi connectivity index (χ2n) is 5.33. The maximum absolute atomic E-state index is 11.5. The molecule has 3 aromatic rings. The zero-order chi connectivity index (χ0) is 15.1. The number of benzene rings is 2. The van der Waals surface area contributed by atoms with E-state index in [1.54, 1.807) is 18.5 Å². The number of carbonyl (C=O) groups is 1. The lowest BCUT2D eigenvalue weighted by molar-refractivity contribution is -0.115. The van der Waals surface area contributed by atoms with Crippen LogP contribution in [0.5, 0.6) is 0 Å². The van der Waals surface area contributed by atoms with Gasteiger partial charge in [-0.3, -0.25) is 9.78 Å². The maximum atomic E-state index is 11.5. The van der Waals surface area contributed by atoms with Gasteiger partial charge in [-0.25, -0.2) is 0 Å². The minimum atomic E-state index is 0.0231. The van der Waals surface area contributed by atoms with Crippen LogP contribution >= 0.6 is 0 Å². The summed E-state index contributed by atoms with van der Waals surface area (Å²) in [6.07, 6.45) is 4.01. The SMILES string of the molecule is N#Cc1ccc2cncc(-c3ccc4c(c3)NC(=O)C4)c2c1. The van der Waals surface area contributed by atoms with Crippen LogP contribution in [0.2, 0.25) is 0 Å². The highest BCUT2D eigenvalue weighted by atomic mass is 16.1. The van der Waals surface area contributed by atoms with Crippen LogP contribution in [0.1, 0.15) is 11.1 Å². The molecular weight excluding hydrogens is 274 g/mol. The fourth-order valence-corrected chi connectivity index (χ4v) is 2.85. The van der Waals surface area contributed by atoms with E-state index in [9.17, 15) is 4.79 Å². The Kier molecular flexibility index (Phi) is 2.67. The van der Waals surface area contributed by atoms with Gasteiger partial charge in [0.2, 0.25) is 5.91 Å². The number of hydrogen-bond donors (Lipinski definition) is 1. The summed E-state index contributed by atoms with van der Waals surface area (Å²) in [5, 5.41) is 13.9. The molecule has 4 rings (SSSR count). The van der Waals surface area contributed by atoms with Crippen molar-refractivity contribution in [3.63, 3.8) is 0 Å². The molecule has 2 aromatic carbocycles. The van der Waals surface area contributed by atoms with E-state index in [1.807, 2.05) is 30.3 Å². The topological polar surface area (TPSA) is 65.8 Å². The van der Waals surface area contributed by atoms with E-state index in [0.29, 0.717) is 12.0 Å². The van der Waals surface area contributed by atoms with Crippen molar-refractivity contribution in [3.8, 4) is 17.2 Å². The van der Waals surface area contributed by atoms with Gasteiger partial charge in [-0.1, -0.05) is 18.2 Å². The monoisotopic (exact) mass is 285 g/mol. The number of fused-ring (bicyclic) bond motifs is 2. The molecule has 0 bridgehead atoms. The molecule has 4 heteroatoms. The van der Waals surface area contributed by atoms with Crippen molar-refractivity contribution in [2.24, 2.45) is 0 Å². The first-order valence-corrected chi connectivity index (χ1v) is 6.95. The van der Waals surface area contributed by atoms with Crippen molar-refractivity contribution >= 4 is 22.4 Å². The van der Waals surface area contributed by atoms with E-state index in [2.05, 4.69) is 16.4 Å². The number of nitrogens with zero attached hydrogens (tertiary/aromatic N) is 2. The molecule has 1 aliphatic heterocycles. The Hall–Kier alpha value is -3.19. The lowest BCUT2D eigenvalue weighted by Gasteiger charge is -2.08. The predicted octanol–water partition coefficient (Wildman–Crippen LogP) is 3.27. The molecule has 0 saturated carbocycles. The van der Waals surface area contributed by atoms with Gasteiger partial charge in [0.25, 0.3) is 0 Å². The average molecular weight is 285 g/mol. The second kappa shape index (κ2) is 4.68. The summed E-state index contributed by atoms with van der Waals surface area (Å²) in [5.41, 5.74) is 4.43. The molecule has 0 unspecified atom stereocenters. The lowest BCUT2D eigenvalue weighted by Crippen LogP contribution is -2.03. The number of hydrogen-bond acceptors (Lipinski definition) is 3. The Bertz CT molecular complexity index is 970. The lowest BCUT2D eigenvalue weighted by atomic mass is 9.98. The van der Waals surface area contributed by atoms with E-state index >= 15 is 0 Å². The van der Waals surface area contributed by atoms with Crippen molar-refractivity contribution in [1.82, 2.24) is 4.98 Å². The van der Waals surface area contributed by atoms with Crippen LogP contribution in [-0.4, -0.2) is 10.9 Å². The van der Waals surface area contributed by atoms with Crippen molar-refractivity contribution in [3.05, 3.63) is 59.9 Å². The molecule has 0 atom stereocenters. The number of aromatic nitrogens is 1. The maximum Gasteiger partial charge on any atom is 0.228 e. The van der Waals surface area contributed by atoms with E-state index in [0.717, 1.165) is 33.2 Å². The highest BCUT2D eigenvalue weighted by Gasteiger charge is 2.18. The molecule has 0 aliphatic carbocycles. The van der Waals surface area contributed by atoms with Gasteiger partial charge in [0.1, 0.15) is 0 Å². The van der Waals surface area contributed by atoms with Gasteiger partial charge in [-0.15, -0.1) is 0 Å². The van der Waals surface area contributed by atoms with Crippen LogP contribution in [-0.2, 0) is 11.2 Å². The van der Waals surface area contributed by atoms with E-state index in [-0.39, 0.29) is 5.91 Å². The Morgan fingerprint density at radius 3 is 2.91 bits per heavy atom. The van der Waals surface area contributed by atoms with Crippen molar-refractivity contribution in [2.45, 2.75) is 6.42 Å². The van der Waals surface area contributed by atoms with Gasteiger partial charge in [0.05, 0.1) is 18.1 Å². The molecule has 1 aromatic heterocycles. The number of anilines is 1. The minimum Gasteiger partial charge on any atom is -0.326 e. The fourth-order valence-electron chi connectivity index (χ4n) is 2.85. The van der Waals surface area contributed by atoms with Crippen molar-refractivity contribution in [2.75, 3.05) is 5.32 Å². The summed E-state index contributed by atoms with van der Waals surface area (Å²) in [6, 6.07) is 13.7. The molecule has 22 heavy (non-hydrogen) atoms. The van der Waals surface area contributed by atoms with Crippen LogP contribution in [0.25, 0.3) is 21.9 Å². The highest BCUT2D eigenvalue weighted by Crippen LogP contribution is 2.33. The summed E-state index contributed by atoms with van der Waals surface area (Å²) in [5.74, 6) is 0.0231. The Morgan fingerprint density at radius 2 is 2.05 bits per heavy atom. The van der Waals surface area contributed by atoms with Gasteiger partial charge in [-0.05, 0) is 34.7 Å². The number of carbonyl (C=O) groups excluding carboxylic acids is 1. The third-order valence-electron chi connectivity index (χ3n) is 3.94. The Morgan fingerprint density at radius 1 is 1.14 bits per heavy atom. The zero-order valence-corrected chi connectivity index (χ0v) is 11.6. The number of pyridine rings is 1. The summed E-state index contributed by atoms with van der Waals surface area (Å²) in [4.78, 5) is 15.8. The van der Waals surface area contributed by atoms with Gasteiger partial charge < -0.3 is 5.32 Å². The Labute approximate surface area is 127 Å². The second-order valence-corrected chi connectivity index (χ2v) is 5.33. The smallest absolute Gasteiger partial charge is 0.228 e. The molecule has 4 nitrogen and oxygen atoms in total. The number of nitrogens with one attached hydrogen (secondary N) is 1. The molecule has 0 radical (unpaired) electrons. The third kappa shape index (κ3) is 1.92. The van der Waals surface area contributed by atoms with Crippen LogP contribution in [0.3, 0.4) is 0 Å². The number of nitriles is 1. The third-order valence-corrected chi connectivity index (χ3v) is 3.94. The van der Waals surface area contributed by atoms with E-state index < -0.39 is 0 Å². The first-order chi connectivity index (χ1) is 10.7. The molecule has 1 amide bonds. The quantitative estimate of drug-likeness (QED) is 0.746. The molecule has 0 spiro atoms. The van der Waals surface area contributed by atoms with Crippen LogP contribution in [0.4, 0.5) is 5.69 Å². The van der Waals surface area contributed by atoms with Gasteiger partial charge in [0, 0.05) is 29.0 Å². The van der Waals surface area contributed by atoms with Gasteiger partial charge >= 0.3 is 0 Å². The fraction of sp³-hybridized carbons (Fsp3) is 0.0556. The summed E-state index contributed by atoms with van der Waals surface area (Å²) in [7, 11) is 0. The summed E-state index contributed by atoms with van der Waals surface area (Å²) >= 11 is 0. The highest BCUT2D eigenvalue weighted by molar-refractivity contribution is 6.02. The molecule has 2 heterocycles. The van der Waals surface area contributed by atoms with Crippen molar-refractivity contribution < 1.29 is 4.79 Å². The zero-order valence-electron chi connectivity index (χ0n) is 11.6. The summed E-state index contributed by atoms with van der Waals surface area (Å²) < 4.78 is 0. The molecule has 0 fully saturated rings. The molecule has 1 N–H and O–H groups in total. The van der Waals surface area contributed by atoms with E-state index in [4.69, 9.17) is 5.26 Å². The normalized spacial score (nSPS) is 12.8. The van der Waals surface area contributed by atoms with E-state index in [1.165, 1.54) is 0 Å². The Balaban J connectivity index is 1.93. The molecule has 0 saturated heterocycles. The summed E-state index contributed by atoms with van der Waals surface area (Å²) in [6.45, 7) is 0. The number of rotatable bonds is 1. The van der Waals surface area contributed by atoms with Gasteiger partial charge in [0.15, 0.2) is 0 Å². The standard InChI is InChI=1S/C18H11N3O/c19-8-11-1-2-14-9-20-10-16(15(14)5-11)12-3-4-13-7-18(22)21-17(13)6-12/h1-6,9-10H,7H2,(H,21,22). The minimum absolute atomic E-state index is 0.0231. The first-order valence-electron chi connectivity index (χ1n) is 6.95. The van der Waals surface area contributed by atoms with Crippen LogP contribution in [0, 0.1) is 11.3 Å². The van der Waals surface area contributed by atoms with Crippen LogP contribution < -0.4 is 5.32 Å². The molecule has 1 aliphatic rings.